The number of nitrogens with one attached hydrogen (secondary N) is 2. The van der Waals surface area contributed by atoms with E-state index in [0.29, 0.717) is 0 Å². The van der Waals surface area contributed by atoms with Crippen LogP contribution >= 0.6 is 0 Å². The Labute approximate surface area is 143 Å². The number of amides is 4. The van der Waals surface area contributed by atoms with Crippen LogP contribution in [0.15, 0.2) is 0 Å². The van der Waals surface area contributed by atoms with E-state index in [4.69, 9.17) is 4.74 Å². The highest BCUT2D eigenvalue weighted by atomic mass is 16.6. The van der Waals surface area contributed by atoms with Crippen molar-refractivity contribution < 1.29 is 19.1 Å². The SMILES string of the molecule is CN1C(=O)CN(C(=O)OC(C)(C)C)[C@H]1C(C)(C)C.O=C1NCCN1. The second kappa shape index (κ2) is 7.27. The predicted octanol–water partition coefficient (Wildman–Crippen LogP) is 1.37. The summed E-state index contributed by atoms with van der Waals surface area (Å²) in [6.07, 6.45) is -0.694. The maximum Gasteiger partial charge on any atom is 0.412 e. The number of carbonyl (C=O) groups is 3. The summed E-state index contributed by atoms with van der Waals surface area (Å²) >= 11 is 0. The molecular weight excluding hydrogens is 312 g/mol. The van der Waals surface area contributed by atoms with Crippen LogP contribution < -0.4 is 10.6 Å². The molecule has 24 heavy (non-hydrogen) atoms. The average molecular weight is 342 g/mol. The Morgan fingerprint density at radius 1 is 1.08 bits per heavy atom. The first-order valence-electron chi connectivity index (χ1n) is 8.10. The summed E-state index contributed by atoms with van der Waals surface area (Å²) in [7, 11) is 1.72. The number of likely N-dealkylation sites (N-methyl/N-ethyl adjacent to an activating group) is 1. The summed E-state index contributed by atoms with van der Waals surface area (Å²) in [4.78, 5) is 37.1. The predicted molar refractivity (Wildman–Crippen MR) is 90.4 cm³/mol. The Hall–Kier alpha value is -1.99. The van der Waals surface area contributed by atoms with Crippen molar-refractivity contribution in [3.05, 3.63) is 0 Å². The lowest BCUT2D eigenvalue weighted by molar-refractivity contribution is -0.127. The monoisotopic (exact) mass is 342 g/mol. The first-order valence-corrected chi connectivity index (χ1v) is 8.10. The maximum absolute atomic E-state index is 12.1. The lowest BCUT2D eigenvalue weighted by atomic mass is 9.91. The highest BCUT2D eigenvalue weighted by Crippen LogP contribution is 2.31. The van der Waals surface area contributed by atoms with Gasteiger partial charge in [-0.2, -0.15) is 0 Å². The van der Waals surface area contributed by atoms with E-state index in [-0.39, 0.29) is 30.1 Å². The molecule has 0 saturated carbocycles. The minimum absolute atomic E-state index is 0.0463. The Bertz CT molecular complexity index is 485. The van der Waals surface area contributed by atoms with Gasteiger partial charge < -0.3 is 20.3 Å². The molecule has 2 saturated heterocycles. The molecule has 0 aliphatic carbocycles. The smallest absolute Gasteiger partial charge is 0.412 e. The minimum atomic E-state index is -0.552. The van der Waals surface area contributed by atoms with Crippen molar-refractivity contribution in [1.29, 1.82) is 0 Å². The first-order chi connectivity index (χ1) is 10.8. The second-order valence-corrected chi connectivity index (χ2v) is 8.04. The van der Waals surface area contributed by atoms with Crippen molar-refractivity contribution in [2.24, 2.45) is 5.41 Å². The van der Waals surface area contributed by atoms with Gasteiger partial charge in [0.2, 0.25) is 5.91 Å². The summed E-state index contributed by atoms with van der Waals surface area (Å²) in [5.41, 5.74) is -0.762. The Kier molecular flexibility index (Phi) is 6.08. The fraction of sp³-hybridized carbons (Fsp3) is 0.812. The van der Waals surface area contributed by atoms with E-state index in [1.807, 2.05) is 41.5 Å². The van der Waals surface area contributed by atoms with E-state index < -0.39 is 11.7 Å². The number of rotatable bonds is 0. The van der Waals surface area contributed by atoms with Gasteiger partial charge in [-0.05, 0) is 20.8 Å². The molecule has 2 aliphatic rings. The van der Waals surface area contributed by atoms with Crippen molar-refractivity contribution in [3.63, 3.8) is 0 Å². The minimum Gasteiger partial charge on any atom is -0.444 e. The zero-order valence-corrected chi connectivity index (χ0v) is 15.7. The van der Waals surface area contributed by atoms with Crippen LogP contribution in [0.1, 0.15) is 41.5 Å². The van der Waals surface area contributed by atoms with Crippen molar-refractivity contribution in [2.75, 3.05) is 26.7 Å². The van der Waals surface area contributed by atoms with Gasteiger partial charge in [-0.25, -0.2) is 9.59 Å². The Balaban J connectivity index is 0.000000400. The van der Waals surface area contributed by atoms with Crippen molar-refractivity contribution >= 4 is 18.0 Å². The molecule has 0 bridgehead atoms. The summed E-state index contributed by atoms with van der Waals surface area (Å²) < 4.78 is 5.35. The fourth-order valence-corrected chi connectivity index (χ4v) is 2.64. The highest BCUT2D eigenvalue weighted by molar-refractivity contribution is 5.86. The molecule has 0 spiro atoms. The average Bonchev–Trinajstić information content (AvgIpc) is 2.96. The van der Waals surface area contributed by atoms with Crippen LogP contribution in [0.4, 0.5) is 9.59 Å². The lowest BCUT2D eigenvalue weighted by Gasteiger charge is -2.38. The van der Waals surface area contributed by atoms with Crippen LogP contribution in [0.5, 0.6) is 0 Å². The summed E-state index contributed by atoms with van der Waals surface area (Å²) in [5, 5.41) is 5.14. The molecule has 2 fully saturated rings. The number of hydrogen-bond acceptors (Lipinski definition) is 4. The molecule has 0 radical (unpaired) electrons. The fourth-order valence-electron chi connectivity index (χ4n) is 2.64. The van der Waals surface area contributed by atoms with E-state index >= 15 is 0 Å². The maximum atomic E-state index is 12.1. The van der Waals surface area contributed by atoms with Gasteiger partial charge in [-0.3, -0.25) is 9.69 Å². The zero-order chi connectivity index (χ0) is 18.7. The second-order valence-electron chi connectivity index (χ2n) is 8.04. The molecular formula is C16H30N4O4. The van der Waals surface area contributed by atoms with Gasteiger partial charge in [-0.1, -0.05) is 20.8 Å². The third kappa shape index (κ3) is 5.58. The number of urea groups is 1. The van der Waals surface area contributed by atoms with Gasteiger partial charge in [0.1, 0.15) is 18.3 Å². The van der Waals surface area contributed by atoms with Crippen molar-refractivity contribution in [3.8, 4) is 0 Å². The van der Waals surface area contributed by atoms with E-state index in [1.165, 1.54) is 4.90 Å². The van der Waals surface area contributed by atoms with Crippen molar-refractivity contribution in [1.82, 2.24) is 20.4 Å². The van der Waals surface area contributed by atoms with E-state index in [9.17, 15) is 14.4 Å². The van der Waals surface area contributed by atoms with Crippen LogP contribution in [0.2, 0.25) is 0 Å². The Morgan fingerprint density at radius 3 is 1.92 bits per heavy atom. The molecule has 2 N–H and O–H groups in total. The lowest BCUT2D eigenvalue weighted by Crippen LogP contribution is -2.50. The molecule has 8 heteroatoms. The number of hydrogen-bond donors (Lipinski definition) is 2. The quantitative estimate of drug-likeness (QED) is 0.695. The number of carbonyl (C=O) groups excluding carboxylic acids is 3. The molecule has 2 aliphatic heterocycles. The number of ether oxygens (including phenoxy) is 1. The van der Waals surface area contributed by atoms with E-state index in [1.54, 1.807) is 11.9 Å². The van der Waals surface area contributed by atoms with Gasteiger partial charge in [0.25, 0.3) is 0 Å². The molecule has 2 heterocycles. The standard InChI is InChI=1S/C13H24N2O3.C3H6N2O/c1-12(2,3)10-14(7)9(16)8-15(10)11(17)18-13(4,5)6;6-3-4-1-2-5-3/h10H,8H2,1-7H3;1-2H2,(H2,4,5,6)/t10-;/m0./s1. The normalized spacial score (nSPS) is 21.0. The molecule has 138 valence electrons. The molecule has 1 atom stereocenters. The van der Waals surface area contributed by atoms with Crippen LogP contribution in [-0.2, 0) is 9.53 Å². The summed E-state index contributed by atoms with van der Waals surface area (Å²) in [6, 6.07) is -0.0463. The molecule has 0 unspecified atom stereocenters. The van der Waals surface area contributed by atoms with Gasteiger partial charge in [0.15, 0.2) is 0 Å². The van der Waals surface area contributed by atoms with Crippen LogP contribution in [-0.4, -0.2) is 66.3 Å². The largest absolute Gasteiger partial charge is 0.444 e. The van der Waals surface area contributed by atoms with Crippen molar-refractivity contribution in [2.45, 2.75) is 53.3 Å². The van der Waals surface area contributed by atoms with E-state index in [0.717, 1.165) is 13.1 Å². The van der Waals surface area contributed by atoms with Gasteiger partial charge in [0, 0.05) is 25.6 Å². The van der Waals surface area contributed by atoms with Gasteiger partial charge in [-0.15, -0.1) is 0 Å². The zero-order valence-electron chi connectivity index (χ0n) is 15.7. The summed E-state index contributed by atoms with van der Waals surface area (Å²) in [6.45, 7) is 13.1. The molecule has 0 aromatic heterocycles. The van der Waals surface area contributed by atoms with Crippen LogP contribution in [0, 0.1) is 5.41 Å². The van der Waals surface area contributed by atoms with Crippen LogP contribution in [0.3, 0.4) is 0 Å². The van der Waals surface area contributed by atoms with Gasteiger partial charge in [0.05, 0.1) is 0 Å². The topological polar surface area (TPSA) is 91.0 Å². The van der Waals surface area contributed by atoms with Crippen LogP contribution in [0.25, 0.3) is 0 Å². The summed E-state index contributed by atoms with van der Waals surface area (Å²) in [5.74, 6) is -0.0548. The molecule has 8 nitrogen and oxygen atoms in total. The third-order valence-corrected chi connectivity index (χ3v) is 3.46. The molecule has 0 aromatic carbocycles. The molecule has 0 aromatic rings. The molecule has 2 rings (SSSR count). The third-order valence-electron chi connectivity index (χ3n) is 3.46. The molecule has 4 amide bonds. The first kappa shape index (κ1) is 20.1. The van der Waals surface area contributed by atoms with Gasteiger partial charge >= 0.3 is 12.1 Å². The highest BCUT2D eigenvalue weighted by Gasteiger charge is 2.46. The number of nitrogens with zero attached hydrogens (tertiary/aromatic N) is 2. The van der Waals surface area contributed by atoms with E-state index in [2.05, 4.69) is 10.6 Å². The Morgan fingerprint density at radius 2 is 1.58 bits per heavy atom.